The van der Waals surface area contributed by atoms with E-state index in [0.29, 0.717) is 50.8 Å². The van der Waals surface area contributed by atoms with Gasteiger partial charge in [-0.05, 0) is 66.8 Å². The lowest BCUT2D eigenvalue weighted by molar-refractivity contribution is -0.139. The van der Waals surface area contributed by atoms with Crippen molar-refractivity contribution in [2.45, 2.75) is 70.2 Å². The number of hydrogen-bond acceptors (Lipinski definition) is 4. The Bertz CT molecular complexity index is 1200. The number of carboxylic acids is 1. The van der Waals surface area contributed by atoms with Crippen LogP contribution in [0.15, 0.2) is 36.4 Å². The molecule has 204 valence electrons. The number of fused-ring (bicyclic) bond motifs is 1. The van der Waals surface area contributed by atoms with Gasteiger partial charge in [0.25, 0.3) is 0 Å². The molecule has 2 aromatic rings. The first-order valence-corrected chi connectivity index (χ1v) is 12.6. The second-order valence-electron chi connectivity index (χ2n) is 10.1. The van der Waals surface area contributed by atoms with E-state index in [2.05, 4.69) is 0 Å². The van der Waals surface area contributed by atoms with E-state index in [1.54, 1.807) is 17.0 Å². The van der Waals surface area contributed by atoms with Crippen molar-refractivity contribution in [2.75, 3.05) is 6.54 Å². The van der Waals surface area contributed by atoms with E-state index < -0.39 is 47.4 Å². The molecular weight excluding hydrogens is 506 g/mol. The highest BCUT2D eigenvalue weighted by Gasteiger charge is 2.35. The molecule has 2 aliphatic rings. The van der Waals surface area contributed by atoms with Crippen molar-refractivity contribution in [3.05, 3.63) is 70.0 Å². The van der Waals surface area contributed by atoms with Crippen molar-refractivity contribution < 1.29 is 41.8 Å². The normalized spacial score (nSPS) is 19.5. The van der Waals surface area contributed by atoms with Crippen LogP contribution in [0.2, 0.25) is 0 Å². The predicted molar refractivity (Wildman–Crippen MR) is 129 cm³/mol. The van der Waals surface area contributed by atoms with Crippen molar-refractivity contribution in [1.82, 2.24) is 4.90 Å². The summed E-state index contributed by atoms with van der Waals surface area (Å²) in [6.07, 6.45) is -2.81. The van der Waals surface area contributed by atoms with Gasteiger partial charge in [0.2, 0.25) is 0 Å². The fraction of sp³-hybridized carbons (Fsp3) is 0.464. The molecule has 0 unspecified atom stereocenters. The number of carbonyl (C=O) groups is 3. The molecule has 0 saturated heterocycles. The third kappa shape index (κ3) is 6.90. The molecule has 2 aromatic carbocycles. The highest BCUT2D eigenvalue weighted by Crippen LogP contribution is 2.34. The molecule has 38 heavy (non-hydrogen) atoms. The molecule has 1 N–H and O–H groups in total. The van der Waals surface area contributed by atoms with E-state index in [1.165, 1.54) is 0 Å². The molecule has 0 aromatic heterocycles. The SMILES string of the molecule is O=C(O)CC1CCC(OC(=O)N2CCc3cc(CC(=O)Cc4c(F)cccc4C(F)(F)F)ccc3C2)CC1. The van der Waals surface area contributed by atoms with Crippen molar-refractivity contribution in [3.63, 3.8) is 0 Å². The first kappa shape index (κ1) is 27.6. The Kier molecular flexibility index (Phi) is 8.38. The number of ether oxygens (including phenoxy) is 1. The standard InChI is InChI=1S/C28H29F4NO5/c29-25-3-1-2-24(28(30,31)32)23(25)15-21(34)13-18-4-7-20-16-33(11-10-19(20)12-18)27(37)38-22-8-5-17(6-9-22)14-26(35)36/h1-4,7,12,17,22H,5-6,8-11,13-16H2,(H,35,36). The smallest absolute Gasteiger partial charge is 0.416 e. The van der Waals surface area contributed by atoms with Crippen LogP contribution in [0.25, 0.3) is 0 Å². The topological polar surface area (TPSA) is 83.9 Å². The number of amides is 1. The molecule has 0 bridgehead atoms. The maximum absolute atomic E-state index is 14.1. The first-order valence-electron chi connectivity index (χ1n) is 12.6. The molecule has 1 saturated carbocycles. The number of carboxylic acid groups (broad SMARTS) is 1. The van der Waals surface area contributed by atoms with E-state index in [4.69, 9.17) is 9.84 Å². The van der Waals surface area contributed by atoms with Gasteiger partial charge in [0.15, 0.2) is 0 Å². The van der Waals surface area contributed by atoms with E-state index in [-0.39, 0.29) is 24.9 Å². The summed E-state index contributed by atoms with van der Waals surface area (Å²) in [5.41, 5.74) is 0.662. The quantitative estimate of drug-likeness (QED) is 0.458. The number of hydrogen-bond donors (Lipinski definition) is 1. The molecule has 1 heterocycles. The van der Waals surface area contributed by atoms with Crippen LogP contribution in [-0.2, 0) is 46.3 Å². The molecule has 0 radical (unpaired) electrons. The minimum absolute atomic E-state index is 0.115. The minimum Gasteiger partial charge on any atom is -0.481 e. The van der Waals surface area contributed by atoms with Crippen molar-refractivity contribution in [2.24, 2.45) is 5.92 Å². The van der Waals surface area contributed by atoms with Crippen LogP contribution in [0.4, 0.5) is 22.4 Å². The zero-order chi connectivity index (χ0) is 27.4. The summed E-state index contributed by atoms with van der Waals surface area (Å²) in [5.74, 6) is -2.28. The largest absolute Gasteiger partial charge is 0.481 e. The highest BCUT2D eigenvalue weighted by molar-refractivity contribution is 5.83. The molecule has 1 fully saturated rings. The second-order valence-corrected chi connectivity index (χ2v) is 10.1. The van der Waals surface area contributed by atoms with E-state index in [9.17, 15) is 31.9 Å². The third-order valence-electron chi connectivity index (χ3n) is 7.27. The van der Waals surface area contributed by atoms with E-state index in [1.807, 2.05) is 6.07 Å². The van der Waals surface area contributed by atoms with Crippen LogP contribution >= 0.6 is 0 Å². The molecule has 4 rings (SSSR count). The predicted octanol–water partition coefficient (Wildman–Crippen LogP) is 5.73. The molecule has 10 heteroatoms. The van der Waals surface area contributed by atoms with Gasteiger partial charge in [-0.1, -0.05) is 24.3 Å². The maximum Gasteiger partial charge on any atom is 0.416 e. The van der Waals surface area contributed by atoms with E-state index >= 15 is 0 Å². The number of alkyl halides is 3. The van der Waals surface area contributed by atoms with Crippen LogP contribution in [0.1, 0.15) is 59.9 Å². The number of nitrogens with zero attached hydrogens (tertiary/aromatic N) is 1. The van der Waals surface area contributed by atoms with Gasteiger partial charge < -0.3 is 14.7 Å². The number of aliphatic carboxylic acids is 1. The summed E-state index contributed by atoms with van der Waals surface area (Å²) in [4.78, 5) is 37.7. The first-order chi connectivity index (χ1) is 18.0. The van der Waals surface area contributed by atoms with Gasteiger partial charge in [-0.25, -0.2) is 9.18 Å². The van der Waals surface area contributed by atoms with Gasteiger partial charge in [0.05, 0.1) is 5.56 Å². The number of halogens is 4. The van der Waals surface area contributed by atoms with Gasteiger partial charge in [0, 0.05) is 37.9 Å². The Morgan fingerprint density at radius 2 is 1.74 bits per heavy atom. The zero-order valence-corrected chi connectivity index (χ0v) is 20.7. The fourth-order valence-electron chi connectivity index (χ4n) is 5.28. The Balaban J connectivity index is 1.32. The third-order valence-corrected chi connectivity index (χ3v) is 7.27. The number of Topliss-reactive ketones (excluding diaryl/α,β-unsaturated/α-hetero) is 1. The molecule has 6 nitrogen and oxygen atoms in total. The van der Waals surface area contributed by atoms with Gasteiger partial charge in [-0.15, -0.1) is 0 Å². The average Bonchev–Trinajstić information content (AvgIpc) is 2.85. The van der Waals surface area contributed by atoms with Gasteiger partial charge in [0.1, 0.15) is 17.7 Å². The van der Waals surface area contributed by atoms with Crippen molar-refractivity contribution in [3.8, 4) is 0 Å². The molecule has 1 amide bonds. The van der Waals surface area contributed by atoms with Gasteiger partial charge in [-0.3, -0.25) is 9.59 Å². The maximum atomic E-state index is 14.1. The van der Waals surface area contributed by atoms with Gasteiger partial charge >= 0.3 is 18.2 Å². The summed E-state index contributed by atoms with van der Waals surface area (Å²) < 4.78 is 59.5. The van der Waals surface area contributed by atoms with Crippen molar-refractivity contribution in [1.29, 1.82) is 0 Å². The molecular formula is C28H29F4NO5. The number of carbonyl (C=O) groups excluding carboxylic acids is 2. The Morgan fingerprint density at radius 1 is 1.00 bits per heavy atom. The fourth-order valence-corrected chi connectivity index (χ4v) is 5.28. The highest BCUT2D eigenvalue weighted by atomic mass is 19.4. The molecule has 0 atom stereocenters. The van der Waals surface area contributed by atoms with E-state index in [0.717, 1.165) is 29.3 Å². The zero-order valence-electron chi connectivity index (χ0n) is 20.7. The van der Waals surface area contributed by atoms with Crippen LogP contribution in [-0.4, -0.2) is 40.5 Å². The summed E-state index contributed by atoms with van der Waals surface area (Å²) in [6.45, 7) is 0.753. The Morgan fingerprint density at radius 3 is 2.42 bits per heavy atom. The Labute approximate surface area is 217 Å². The number of ketones is 1. The summed E-state index contributed by atoms with van der Waals surface area (Å²) in [5, 5.41) is 8.93. The van der Waals surface area contributed by atoms with Crippen molar-refractivity contribution >= 4 is 17.8 Å². The van der Waals surface area contributed by atoms with Gasteiger partial charge in [-0.2, -0.15) is 13.2 Å². The minimum atomic E-state index is -4.75. The lowest BCUT2D eigenvalue weighted by Crippen LogP contribution is -2.39. The number of rotatable bonds is 7. The summed E-state index contributed by atoms with van der Waals surface area (Å²) in [7, 11) is 0. The lowest BCUT2D eigenvalue weighted by atomic mass is 9.85. The summed E-state index contributed by atoms with van der Waals surface area (Å²) in [6, 6.07) is 7.96. The van der Waals surface area contributed by atoms with Crippen LogP contribution in [0, 0.1) is 11.7 Å². The Hall–Kier alpha value is -3.43. The monoisotopic (exact) mass is 535 g/mol. The molecule has 1 aliphatic carbocycles. The number of benzene rings is 2. The summed E-state index contributed by atoms with van der Waals surface area (Å²) >= 11 is 0. The van der Waals surface area contributed by atoms with Crippen LogP contribution in [0.5, 0.6) is 0 Å². The van der Waals surface area contributed by atoms with Crippen LogP contribution in [0.3, 0.4) is 0 Å². The second kappa shape index (κ2) is 11.5. The lowest BCUT2D eigenvalue weighted by Gasteiger charge is -2.32. The molecule has 0 spiro atoms. The average molecular weight is 536 g/mol. The molecule has 1 aliphatic heterocycles. The van der Waals surface area contributed by atoms with Crippen LogP contribution < -0.4 is 0 Å².